The first kappa shape index (κ1) is 11.9. The molecule has 0 aromatic rings. The van der Waals surface area contributed by atoms with E-state index in [1.165, 1.54) is 12.8 Å². The number of nitrogens with zero attached hydrogens (tertiary/aromatic N) is 3. The van der Waals surface area contributed by atoms with Crippen molar-refractivity contribution in [2.24, 2.45) is 11.0 Å². The highest BCUT2D eigenvalue weighted by molar-refractivity contribution is 5.78. The molecule has 1 N–H and O–H groups in total. The third-order valence-corrected chi connectivity index (χ3v) is 2.80. The first-order valence-electron chi connectivity index (χ1n) is 5.63. The molecule has 1 aliphatic carbocycles. The van der Waals surface area contributed by atoms with Crippen molar-refractivity contribution >= 4 is 5.91 Å². The molecule has 0 radical (unpaired) electrons. The van der Waals surface area contributed by atoms with Crippen molar-refractivity contribution in [3.8, 4) is 0 Å². The van der Waals surface area contributed by atoms with Gasteiger partial charge in [-0.15, -0.1) is 0 Å². The van der Waals surface area contributed by atoms with Crippen LogP contribution in [0.3, 0.4) is 0 Å². The lowest BCUT2D eigenvalue weighted by Crippen LogP contribution is -2.32. The van der Waals surface area contributed by atoms with Crippen LogP contribution in [0, 0.1) is 5.92 Å². The zero-order valence-electron chi connectivity index (χ0n) is 8.98. The van der Waals surface area contributed by atoms with E-state index in [9.17, 15) is 4.79 Å². The zero-order valence-corrected chi connectivity index (χ0v) is 8.98. The molecule has 84 valence electrons. The molecule has 0 aliphatic heterocycles. The maximum atomic E-state index is 11.7. The topological polar surface area (TPSA) is 77.9 Å². The van der Waals surface area contributed by atoms with Gasteiger partial charge in [-0.2, -0.15) is 0 Å². The molecule has 1 amide bonds. The number of amides is 1. The molecular weight excluding hydrogens is 192 g/mol. The van der Waals surface area contributed by atoms with Gasteiger partial charge >= 0.3 is 0 Å². The van der Waals surface area contributed by atoms with E-state index in [1.807, 2.05) is 0 Å². The van der Waals surface area contributed by atoms with Crippen molar-refractivity contribution in [2.45, 2.75) is 38.5 Å². The predicted molar refractivity (Wildman–Crippen MR) is 58.2 cm³/mol. The molecule has 1 fully saturated rings. The number of hydrogen-bond donors (Lipinski definition) is 1. The largest absolute Gasteiger partial charge is 0.356 e. The van der Waals surface area contributed by atoms with Crippen molar-refractivity contribution in [1.29, 1.82) is 0 Å². The van der Waals surface area contributed by atoms with Crippen LogP contribution in [0.25, 0.3) is 10.4 Å². The summed E-state index contributed by atoms with van der Waals surface area (Å²) in [6, 6.07) is 0. The average molecular weight is 210 g/mol. The van der Waals surface area contributed by atoms with Crippen LogP contribution in [0.5, 0.6) is 0 Å². The predicted octanol–water partition coefficient (Wildman–Crippen LogP) is 2.38. The standard InChI is InChI=1S/C10H18N4O/c11-14-13-8-7-12-10(15)9-5-3-1-2-4-6-9/h9H,1-8H2,(H,12,15). The lowest BCUT2D eigenvalue weighted by Gasteiger charge is -2.13. The molecule has 1 aliphatic rings. The van der Waals surface area contributed by atoms with Crippen LogP contribution in [0.15, 0.2) is 5.11 Å². The van der Waals surface area contributed by atoms with Crippen molar-refractivity contribution < 1.29 is 4.79 Å². The zero-order chi connectivity index (χ0) is 10.9. The first-order chi connectivity index (χ1) is 7.34. The summed E-state index contributed by atoms with van der Waals surface area (Å²) in [5, 5.41) is 6.18. The summed E-state index contributed by atoms with van der Waals surface area (Å²) in [7, 11) is 0. The summed E-state index contributed by atoms with van der Waals surface area (Å²) in [5.41, 5.74) is 8.06. The highest BCUT2D eigenvalue weighted by Crippen LogP contribution is 2.22. The highest BCUT2D eigenvalue weighted by Gasteiger charge is 2.18. The number of rotatable bonds is 4. The van der Waals surface area contributed by atoms with Crippen molar-refractivity contribution in [3.63, 3.8) is 0 Å². The molecule has 5 nitrogen and oxygen atoms in total. The smallest absolute Gasteiger partial charge is 0.223 e. The van der Waals surface area contributed by atoms with Crippen LogP contribution in [0.2, 0.25) is 0 Å². The molecule has 0 saturated heterocycles. The van der Waals surface area contributed by atoms with Crippen LogP contribution in [-0.4, -0.2) is 19.0 Å². The van der Waals surface area contributed by atoms with Crippen LogP contribution in [0.4, 0.5) is 0 Å². The first-order valence-corrected chi connectivity index (χ1v) is 5.63. The van der Waals surface area contributed by atoms with E-state index in [0.717, 1.165) is 25.7 Å². The molecule has 1 saturated carbocycles. The summed E-state index contributed by atoms with van der Waals surface area (Å²) in [6.07, 6.45) is 6.84. The van der Waals surface area contributed by atoms with Crippen molar-refractivity contribution in [1.82, 2.24) is 5.32 Å². The van der Waals surface area contributed by atoms with Crippen LogP contribution in [0.1, 0.15) is 38.5 Å². The van der Waals surface area contributed by atoms with Gasteiger partial charge in [0.2, 0.25) is 5.91 Å². The summed E-state index contributed by atoms with van der Waals surface area (Å²) in [6.45, 7) is 0.800. The second-order valence-corrected chi connectivity index (χ2v) is 3.93. The maximum absolute atomic E-state index is 11.7. The van der Waals surface area contributed by atoms with E-state index in [4.69, 9.17) is 5.53 Å². The minimum Gasteiger partial charge on any atom is -0.356 e. The van der Waals surface area contributed by atoms with Gasteiger partial charge in [0.15, 0.2) is 0 Å². The van der Waals surface area contributed by atoms with E-state index in [-0.39, 0.29) is 11.8 Å². The van der Waals surface area contributed by atoms with E-state index >= 15 is 0 Å². The van der Waals surface area contributed by atoms with Gasteiger partial charge in [-0.3, -0.25) is 4.79 Å². The molecule has 1 rings (SSSR count). The second kappa shape index (κ2) is 7.12. The Morgan fingerprint density at radius 2 is 2.00 bits per heavy atom. The molecular formula is C10H18N4O. The Kier molecular flexibility index (Phi) is 5.63. The molecule has 0 aromatic heterocycles. The fourth-order valence-electron chi connectivity index (χ4n) is 1.96. The Labute approximate surface area is 89.9 Å². The highest BCUT2D eigenvalue weighted by atomic mass is 16.1. The second-order valence-electron chi connectivity index (χ2n) is 3.93. The third-order valence-electron chi connectivity index (χ3n) is 2.80. The molecule has 15 heavy (non-hydrogen) atoms. The minimum atomic E-state index is 0.130. The van der Waals surface area contributed by atoms with Gasteiger partial charge < -0.3 is 5.32 Å². The van der Waals surface area contributed by atoms with Crippen molar-refractivity contribution in [2.75, 3.05) is 13.1 Å². The van der Waals surface area contributed by atoms with E-state index < -0.39 is 0 Å². The Hall–Kier alpha value is -1.22. The molecule has 0 spiro atoms. The summed E-state index contributed by atoms with van der Waals surface area (Å²) in [4.78, 5) is 14.3. The fourth-order valence-corrected chi connectivity index (χ4v) is 1.96. The van der Waals surface area contributed by atoms with Gasteiger partial charge in [-0.05, 0) is 18.4 Å². The summed E-state index contributed by atoms with van der Waals surface area (Å²) >= 11 is 0. The van der Waals surface area contributed by atoms with Gasteiger partial charge in [0.05, 0.1) is 0 Å². The third kappa shape index (κ3) is 4.70. The lowest BCUT2D eigenvalue weighted by molar-refractivity contribution is -0.125. The number of hydrogen-bond acceptors (Lipinski definition) is 2. The number of nitrogens with one attached hydrogen (secondary N) is 1. The fraction of sp³-hybridized carbons (Fsp3) is 0.900. The molecule has 0 bridgehead atoms. The molecule has 0 unspecified atom stereocenters. The maximum Gasteiger partial charge on any atom is 0.223 e. The number of azide groups is 1. The van der Waals surface area contributed by atoms with Gasteiger partial charge in [0.1, 0.15) is 0 Å². The van der Waals surface area contributed by atoms with Gasteiger partial charge in [-0.1, -0.05) is 30.8 Å². The van der Waals surface area contributed by atoms with Gasteiger partial charge in [0.25, 0.3) is 0 Å². The molecule has 0 aromatic carbocycles. The van der Waals surface area contributed by atoms with Crippen LogP contribution in [-0.2, 0) is 4.79 Å². The molecule has 0 atom stereocenters. The molecule has 0 heterocycles. The van der Waals surface area contributed by atoms with Crippen molar-refractivity contribution in [3.05, 3.63) is 10.4 Å². The quantitative estimate of drug-likeness (QED) is 0.250. The van der Waals surface area contributed by atoms with E-state index in [1.54, 1.807) is 0 Å². The van der Waals surface area contributed by atoms with Gasteiger partial charge in [0, 0.05) is 23.9 Å². The number of carbonyl (C=O) groups excluding carboxylic acids is 1. The lowest BCUT2D eigenvalue weighted by atomic mass is 10.00. The number of carbonyl (C=O) groups is 1. The normalized spacial score (nSPS) is 17.6. The Bertz CT molecular complexity index is 240. The van der Waals surface area contributed by atoms with E-state index in [0.29, 0.717) is 13.1 Å². The minimum absolute atomic E-state index is 0.130. The monoisotopic (exact) mass is 210 g/mol. The van der Waals surface area contributed by atoms with Crippen LogP contribution < -0.4 is 5.32 Å². The molecule has 5 heteroatoms. The van der Waals surface area contributed by atoms with E-state index in [2.05, 4.69) is 15.3 Å². The summed E-state index contributed by atoms with van der Waals surface area (Å²) in [5.74, 6) is 0.309. The Morgan fingerprint density at radius 1 is 1.33 bits per heavy atom. The summed E-state index contributed by atoms with van der Waals surface area (Å²) < 4.78 is 0. The SMILES string of the molecule is [N-]=[N+]=NCCNC(=O)C1CCCCCC1. The van der Waals surface area contributed by atoms with Gasteiger partial charge in [-0.25, -0.2) is 0 Å². The average Bonchev–Trinajstić information content (AvgIpc) is 2.52. The Balaban J connectivity index is 2.22. The van der Waals surface area contributed by atoms with Crippen LogP contribution >= 0.6 is 0 Å². The Morgan fingerprint density at radius 3 is 2.60 bits per heavy atom.